The van der Waals surface area contributed by atoms with E-state index < -0.39 is 9.96 Å². The molecule has 0 radical (unpaired) electrons. The van der Waals surface area contributed by atoms with Crippen LogP contribution in [0.3, 0.4) is 0 Å². The van der Waals surface area contributed by atoms with Crippen molar-refractivity contribution in [2.45, 2.75) is 30.2 Å². The normalized spacial score (nSPS) is 13.2. The quantitative estimate of drug-likeness (QED) is 0.393. The monoisotopic (exact) mass is 448 g/mol. The summed E-state index contributed by atoms with van der Waals surface area (Å²) in [5, 5.41) is 5.74. The lowest BCUT2D eigenvalue weighted by atomic mass is 10.1. The van der Waals surface area contributed by atoms with Gasteiger partial charge in [0.15, 0.2) is 0 Å². The second kappa shape index (κ2) is 7.92. The third-order valence-electron chi connectivity index (χ3n) is 2.36. The average molecular weight is 450 g/mol. The van der Waals surface area contributed by atoms with Crippen molar-refractivity contribution in [2.75, 3.05) is 5.32 Å². The van der Waals surface area contributed by atoms with Gasteiger partial charge in [-0.05, 0) is 46.7 Å². The molecular weight excluding hydrogens is 433 g/mol. The van der Waals surface area contributed by atoms with Gasteiger partial charge >= 0.3 is 0 Å². The van der Waals surface area contributed by atoms with Gasteiger partial charge < -0.3 is 10.6 Å². The Bertz CT molecular complexity index is 463. The maximum absolute atomic E-state index is 11.8. The Balaban J connectivity index is 2.78. The van der Waals surface area contributed by atoms with Gasteiger partial charge in [0.1, 0.15) is 6.17 Å². The third kappa shape index (κ3) is 6.70. The average Bonchev–Trinajstić information content (AvgIpc) is 2.25. The van der Waals surface area contributed by atoms with Crippen LogP contribution >= 0.6 is 57.4 Å². The zero-order chi connectivity index (χ0) is 15.3. The molecule has 0 fully saturated rings. The SMILES string of the molecule is CC(C)CC(=O)NC(Nc1cccc(I)c1)C(Cl)(Cl)Cl. The zero-order valence-electron chi connectivity index (χ0n) is 11.1. The van der Waals surface area contributed by atoms with Crippen molar-refractivity contribution >= 4 is 69.0 Å². The molecule has 0 saturated carbocycles. The lowest BCUT2D eigenvalue weighted by molar-refractivity contribution is -0.122. The van der Waals surface area contributed by atoms with E-state index in [1.54, 1.807) is 0 Å². The number of hydrogen-bond donors (Lipinski definition) is 2. The summed E-state index contributed by atoms with van der Waals surface area (Å²) in [4.78, 5) is 11.8. The number of hydrogen-bond acceptors (Lipinski definition) is 2. The molecular formula is C13H16Cl3IN2O. The van der Waals surface area contributed by atoms with Crippen molar-refractivity contribution in [1.29, 1.82) is 0 Å². The van der Waals surface area contributed by atoms with Crippen LogP contribution in [0, 0.1) is 9.49 Å². The summed E-state index contributed by atoms with van der Waals surface area (Å²) >= 11 is 20.0. The van der Waals surface area contributed by atoms with Crippen molar-refractivity contribution in [3.8, 4) is 0 Å². The number of amides is 1. The van der Waals surface area contributed by atoms with Crippen LogP contribution in [0.15, 0.2) is 24.3 Å². The molecule has 0 aliphatic heterocycles. The Morgan fingerprint density at radius 3 is 2.50 bits per heavy atom. The minimum atomic E-state index is -1.64. The third-order valence-corrected chi connectivity index (χ3v) is 3.69. The highest BCUT2D eigenvalue weighted by Crippen LogP contribution is 2.31. The topological polar surface area (TPSA) is 41.1 Å². The van der Waals surface area contributed by atoms with Crippen molar-refractivity contribution in [3.63, 3.8) is 0 Å². The molecule has 0 bridgehead atoms. The van der Waals surface area contributed by atoms with Gasteiger partial charge in [-0.3, -0.25) is 4.79 Å². The number of halogens is 4. The maximum Gasteiger partial charge on any atom is 0.228 e. The van der Waals surface area contributed by atoms with Crippen LogP contribution in [0.2, 0.25) is 0 Å². The first-order chi connectivity index (χ1) is 9.18. The van der Waals surface area contributed by atoms with Gasteiger partial charge in [-0.1, -0.05) is 54.7 Å². The summed E-state index contributed by atoms with van der Waals surface area (Å²) in [6.45, 7) is 3.91. The van der Waals surface area contributed by atoms with Gasteiger partial charge in [0, 0.05) is 15.7 Å². The van der Waals surface area contributed by atoms with E-state index in [1.807, 2.05) is 38.1 Å². The standard InChI is InChI=1S/C13H16Cl3IN2O/c1-8(2)6-11(20)19-12(13(14,15)16)18-10-5-3-4-9(17)7-10/h3-5,7-8,12,18H,6H2,1-2H3,(H,19,20). The van der Waals surface area contributed by atoms with E-state index in [-0.39, 0.29) is 11.8 Å². The van der Waals surface area contributed by atoms with Crippen LogP contribution in [-0.4, -0.2) is 15.9 Å². The van der Waals surface area contributed by atoms with Gasteiger partial charge in [0.25, 0.3) is 0 Å². The Hall–Kier alpha value is 0.0900. The Morgan fingerprint density at radius 1 is 1.35 bits per heavy atom. The molecule has 2 N–H and O–H groups in total. The van der Waals surface area contributed by atoms with Gasteiger partial charge in [-0.2, -0.15) is 0 Å². The van der Waals surface area contributed by atoms with Gasteiger partial charge in [0.2, 0.25) is 9.70 Å². The highest BCUT2D eigenvalue weighted by atomic mass is 127. The summed E-state index contributed by atoms with van der Waals surface area (Å²) in [6, 6.07) is 7.58. The van der Waals surface area contributed by atoms with E-state index in [4.69, 9.17) is 34.8 Å². The zero-order valence-corrected chi connectivity index (χ0v) is 15.5. The summed E-state index contributed by atoms with van der Waals surface area (Å²) in [5.74, 6) is 0.0816. The summed E-state index contributed by atoms with van der Waals surface area (Å²) in [6.07, 6.45) is -0.414. The molecule has 0 aliphatic carbocycles. The highest BCUT2D eigenvalue weighted by molar-refractivity contribution is 14.1. The number of rotatable bonds is 5. The summed E-state index contributed by atoms with van der Waals surface area (Å²) in [5.41, 5.74) is 0.776. The molecule has 1 amide bonds. The lowest BCUT2D eigenvalue weighted by Gasteiger charge is -2.27. The van der Waals surface area contributed by atoms with Crippen molar-refractivity contribution < 1.29 is 4.79 Å². The lowest BCUT2D eigenvalue weighted by Crippen LogP contribution is -2.49. The maximum atomic E-state index is 11.8. The number of anilines is 1. The summed E-state index contributed by atoms with van der Waals surface area (Å²) < 4.78 is -0.599. The smallest absolute Gasteiger partial charge is 0.228 e. The minimum Gasteiger partial charge on any atom is -0.362 e. The Kier molecular flexibility index (Phi) is 7.18. The van der Waals surface area contributed by atoms with Crippen LogP contribution in [0.25, 0.3) is 0 Å². The van der Waals surface area contributed by atoms with Crippen LogP contribution in [0.1, 0.15) is 20.3 Å². The molecule has 0 heterocycles. The molecule has 1 unspecified atom stereocenters. The second-order valence-electron chi connectivity index (χ2n) is 4.79. The fourth-order valence-corrected chi connectivity index (χ4v) is 2.41. The fourth-order valence-electron chi connectivity index (χ4n) is 1.54. The van der Waals surface area contributed by atoms with Crippen LogP contribution in [0.4, 0.5) is 5.69 Å². The Labute approximate surface area is 147 Å². The van der Waals surface area contributed by atoms with E-state index in [1.165, 1.54) is 0 Å². The molecule has 112 valence electrons. The molecule has 0 aromatic heterocycles. The van der Waals surface area contributed by atoms with E-state index in [0.717, 1.165) is 9.26 Å². The predicted molar refractivity (Wildman–Crippen MR) is 94.5 cm³/mol. The largest absolute Gasteiger partial charge is 0.362 e. The Morgan fingerprint density at radius 2 is 2.00 bits per heavy atom. The van der Waals surface area contributed by atoms with E-state index >= 15 is 0 Å². The molecule has 1 aromatic carbocycles. The number of carbonyl (C=O) groups is 1. The van der Waals surface area contributed by atoms with E-state index in [2.05, 4.69) is 33.2 Å². The van der Waals surface area contributed by atoms with Crippen LogP contribution in [-0.2, 0) is 4.79 Å². The first kappa shape index (κ1) is 18.1. The first-order valence-corrected chi connectivity index (χ1v) is 8.28. The molecule has 0 aliphatic rings. The number of carbonyl (C=O) groups excluding carboxylic acids is 1. The van der Waals surface area contributed by atoms with Gasteiger partial charge in [-0.15, -0.1) is 0 Å². The molecule has 0 saturated heterocycles. The van der Waals surface area contributed by atoms with Gasteiger partial charge in [0.05, 0.1) is 0 Å². The van der Waals surface area contributed by atoms with Crippen molar-refractivity contribution in [1.82, 2.24) is 5.32 Å². The molecule has 1 aromatic rings. The van der Waals surface area contributed by atoms with Gasteiger partial charge in [-0.25, -0.2) is 0 Å². The molecule has 7 heteroatoms. The highest BCUT2D eigenvalue weighted by Gasteiger charge is 2.34. The molecule has 3 nitrogen and oxygen atoms in total. The molecule has 1 rings (SSSR count). The molecule has 1 atom stereocenters. The number of benzene rings is 1. The number of alkyl halides is 3. The second-order valence-corrected chi connectivity index (χ2v) is 8.41. The van der Waals surface area contributed by atoms with Crippen LogP contribution < -0.4 is 10.6 Å². The molecule has 20 heavy (non-hydrogen) atoms. The van der Waals surface area contributed by atoms with Crippen molar-refractivity contribution in [2.24, 2.45) is 5.92 Å². The minimum absolute atomic E-state index is 0.158. The van der Waals surface area contributed by atoms with E-state index in [0.29, 0.717) is 6.42 Å². The van der Waals surface area contributed by atoms with Crippen molar-refractivity contribution in [3.05, 3.63) is 27.8 Å². The van der Waals surface area contributed by atoms with Crippen LogP contribution in [0.5, 0.6) is 0 Å². The number of nitrogens with one attached hydrogen (secondary N) is 2. The summed E-state index contributed by atoms with van der Waals surface area (Å²) in [7, 11) is 0. The fraction of sp³-hybridized carbons (Fsp3) is 0.462. The van der Waals surface area contributed by atoms with E-state index in [9.17, 15) is 4.79 Å². The predicted octanol–water partition coefficient (Wildman–Crippen LogP) is 4.56. The first-order valence-electron chi connectivity index (χ1n) is 6.06. The molecule has 0 spiro atoms.